The van der Waals surface area contributed by atoms with Crippen molar-refractivity contribution in [2.75, 3.05) is 26.2 Å². The van der Waals surface area contributed by atoms with Crippen molar-refractivity contribution in [3.8, 4) is 11.1 Å². The molecule has 2 aliphatic rings. The largest absolute Gasteiger partial charge is 0.314 e. The van der Waals surface area contributed by atoms with Gasteiger partial charge in [-0.25, -0.2) is 0 Å². The maximum absolute atomic E-state index is 3.98. The van der Waals surface area contributed by atoms with Crippen molar-refractivity contribution in [3.63, 3.8) is 0 Å². The van der Waals surface area contributed by atoms with E-state index >= 15 is 0 Å². The first kappa shape index (κ1) is 14.7. The lowest BCUT2D eigenvalue weighted by atomic mass is 9.96. The first-order chi connectivity index (χ1) is 11.4. The van der Waals surface area contributed by atoms with Crippen LogP contribution in [0.3, 0.4) is 0 Å². The summed E-state index contributed by atoms with van der Waals surface area (Å²) in [5.41, 5.74) is 7.21. The molecule has 1 saturated heterocycles. The number of piperazine rings is 1. The summed E-state index contributed by atoms with van der Waals surface area (Å²) in [5, 5.41) is 3.45. The molecule has 0 bridgehead atoms. The monoisotopic (exact) mass is 304 g/mol. The topological polar surface area (TPSA) is 15.3 Å². The first-order valence-corrected chi connectivity index (χ1v) is 8.63. The van der Waals surface area contributed by atoms with E-state index in [4.69, 9.17) is 0 Å². The van der Waals surface area contributed by atoms with Gasteiger partial charge in [0.15, 0.2) is 0 Å². The smallest absolute Gasteiger partial charge is 0.0383 e. The number of fused-ring (bicyclic) bond motifs is 3. The van der Waals surface area contributed by atoms with Crippen LogP contribution in [0.1, 0.15) is 29.2 Å². The van der Waals surface area contributed by atoms with Crippen LogP contribution in [0.4, 0.5) is 0 Å². The molecule has 118 valence electrons. The SMILES string of the molecule is C=CC[C@H](c1ccc2c(c1)Cc1ccccc1-2)N1CCNCC1. The van der Waals surface area contributed by atoms with E-state index in [2.05, 4.69) is 65.3 Å². The van der Waals surface area contributed by atoms with Crippen molar-refractivity contribution in [1.82, 2.24) is 10.2 Å². The van der Waals surface area contributed by atoms with Gasteiger partial charge < -0.3 is 5.32 Å². The minimum absolute atomic E-state index is 0.462. The number of hydrogen-bond donors (Lipinski definition) is 1. The molecule has 2 aromatic carbocycles. The molecule has 1 aliphatic carbocycles. The van der Waals surface area contributed by atoms with Crippen molar-refractivity contribution in [3.05, 3.63) is 71.8 Å². The minimum atomic E-state index is 0.462. The first-order valence-electron chi connectivity index (χ1n) is 8.63. The second-order valence-electron chi connectivity index (χ2n) is 6.58. The van der Waals surface area contributed by atoms with Crippen LogP contribution in [-0.2, 0) is 6.42 Å². The van der Waals surface area contributed by atoms with Crippen LogP contribution < -0.4 is 5.32 Å². The zero-order valence-electron chi connectivity index (χ0n) is 13.6. The molecule has 1 atom stereocenters. The van der Waals surface area contributed by atoms with Gasteiger partial charge in [0, 0.05) is 32.2 Å². The quantitative estimate of drug-likeness (QED) is 0.738. The molecule has 0 spiro atoms. The normalized spacial score (nSPS) is 18.3. The Bertz CT molecular complexity index is 714. The zero-order chi connectivity index (χ0) is 15.6. The summed E-state index contributed by atoms with van der Waals surface area (Å²) in [6.07, 6.45) is 4.15. The summed E-state index contributed by atoms with van der Waals surface area (Å²) in [7, 11) is 0. The van der Waals surface area contributed by atoms with E-state index in [1.807, 2.05) is 0 Å². The fourth-order valence-electron chi connectivity index (χ4n) is 4.02. The van der Waals surface area contributed by atoms with Gasteiger partial charge in [-0.1, -0.05) is 48.5 Å². The van der Waals surface area contributed by atoms with Crippen LogP contribution in [0, 0.1) is 0 Å². The molecular formula is C21H24N2. The van der Waals surface area contributed by atoms with E-state index in [0.29, 0.717) is 6.04 Å². The Balaban J connectivity index is 1.66. The maximum atomic E-state index is 3.98. The molecule has 1 N–H and O–H groups in total. The molecule has 2 aromatic rings. The van der Waals surface area contributed by atoms with Gasteiger partial charge in [0.1, 0.15) is 0 Å². The van der Waals surface area contributed by atoms with Crippen LogP contribution in [0.2, 0.25) is 0 Å². The summed E-state index contributed by atoms with van der Waals surface area (Å²) in [5.74, 6) is 0. The number of hydrogen-bond acceptors (Lipinski definition) is 2. The Kier molecular flexibility index (Phi) is 4.02. The van der Waals surface area contributed by atoms with E-state index in [1.54, 1.807) is 0 Å². The lowest BCUT2D eigenvalue weighted by molar-refractivity contribution is 0.174. The van der Waals surface area contributed by atoms with Crippen molar-refractivity contribution >= 4 is 0 Å². The van der Waals surface area contributed by atoms with Gasteiger partial charge in [-0.2, -0.15) is 0 Å². The molecule has 0 unspecified atom stereocenters. The van der Waals surface area contributed by atoms with Gasteiger partial charge in [0.25, 0.3) is 0 Å². The maximum Gasteiger partial charge on any atom is 0.0383 e. The van der Waals surface area contributed by atoms with E-state index in [1.165, 1.54) is 27.8 Å². The molecule has 1 fully saturated rings. The lowest BCUT2D eigenvalue weighted by Crippen LogP contribution is -2.45. The molecule has 0 radical (unpaired) electrons. The number of nitrogens with zero attached hydrogens (tertiary/aromatic N) is 1. The summed E-state index contributed by atoms with van der Waals surface area (Å²) in [6.45, 7) is 8.40. The molecule has 0 amide bonds. The third-order valence-electron chi connectivity index (χ3n) is 5.18. The number of benzene rings is 2. The Morgan fingerprint density at radius 1 is 1.04 bits per heavy atom. The molecule has 2 nitrogen and oxygen atoms in total. The molecule has 0 aromatic heterocycles. The Morgan fingerprint density at radius 2 is 1.83 bits per heavy atom. The van der Waals surface area contributed by atoms with E-state index in [-0.39, 0.29) is 0 Å². The summed E-state index contributed by atoms with van der Waals surface area (Å²) in [6, 6.07) is 16.3. The molecule has 2 heteroatoms. The fourth-order valence-corrected chi connectivity index (χ4v) is 4.02. The minimum Gasteiger partial charge on any atom is -0.314 e. The van der Waals surface area contributed by atoms with E-state index in [0.717, 1.165) is 39.0 Å². The molecular weight excluding hydrogens is 280 g/mol. The van der Waals surface area contributed by atoms with Crippen LogP contribution in [0.15, 0.2) is 55.1 Å². The van der Waals surface area contributed by atoms with Gasteiger partial charge in [-0.3, -0.25) is 4.90 Å². The van der Waals surface area contributed by atoms with Crippen molar-refractivity contribution in [2.24, 2.45) is 0 Å². The fraction of sp³-hybridized carbons (Fsp3) is 0.333. The second-order valence-corrected chi connectivity index (χ2v) is 6.58. The van der Waals surface area contributed by atoms with Crippen molar-refractivity contribution in [2.45, 2.75) is 18.9 Å². The van der Waals surface area contributed by atoms with E-state index < -0.39 is 0 Å². The van der Waals surface area contributed by atoms with Crippen LogP contribution in [0.25, 0.3) is 11.1 Å². The number of nitrogens with one attached hydrogen (secondary N) is 1. The highest BCUT2D eigenvalue weighted by Gasteiger charge is 2.24. The van der Waals surface area contributed by atoms with Gasteiger partial charge in [0.2, 0.25) is 0 Å². The molecule has 0 saturated carbocycles. The van der Waals surface area contributed by atoms with Gasteiger partial charge in [-0.15, -0.1) is 6.58 Å². The van der Waals surface area contributed by atoms with Crippen molar-refractivity contribution < 1.29 is 0 Å². The van der Waals surface area contributed by atoms with E-state index in [9.17, 15) is 0 Å². The highest BCUT2D eigenvalue weighted by atomic mass is 15.2. The third kappa shape index (κ3) is 2.73. The Morgan fingerprint density at radius 3 is 2.65 bits per heavy atom. The van der Waals surface area contributed by atoms with Crippen LogP contribution in [-0.4, -0.2) is 31.1 Å². The standard InChI is InChI=1S/C21H24N2/c1-2-5-21(23-12-10-22-11-13-23)17-8-9-20-18(15-17)14-16-6-3-4-7-19(16)20/h2-4,6-9,15,21-22H,1,5,10-14H2/t21-/m1/s1. The average molecular weight is 304 g/mol. The zero-order valence-corrected chi connectivity index (χ0v) is 13.6. The predicted octanol–water partition coefficient (Wildman–Crippen LogP) is 3.78. The average Bonchev–Trinajstić information content (AvgIpc) is 2.98. The Labute approximate surface area is 138 Å². The Hall–Kier alpha value is -1.90. The lowest BCUT2D eigenvalue weighted by Gasteiger charge is -2.35. The number of rotatable bonds is 4. The van der Waals surface area contributed by atoms with Gasteiger partial charge in [-0.05, 0) is 40.7 Å². The van der Waals surface area contributed by atoms with Gasteiger partial charge in [0.05, 0.1) is 0 Å². The summed E-state index contributed by atoms with van der Waals surface area (Å²) in [4.78, 5) is 2.60. The molecule has 1 heterocycles. The predicted molar refractivity (Wildman–Crippen MR) is 96.7 cm³/mol. The highest BCUT2D eigenvalue weighted by molar-refractivity contribution is 5.77. The highest BCUT2D eigenvalue weighted by Crippen LogP contribution is 2.38. The summed E-state index contributed by atoms with van der Waals surface area (Å²) < 4.78 is 0. The van der Waals surface area contributed by atoms with Gasteiger partial charge >= 0.3 is 0 Å². The second kappa shape index (κ2) is 6.31. The molecule has 23 heavy (non-hydrogen) atoms. The molecule has 1 aliphatic heterocycles. The van der Waals surface area contributed by atoms with Crippen LogP contribution in [0.5, 0.6) is 0 Å². The van der Waals surface area contributed by atoms with Crippen LogP contribution >= 0.6 is 0 Å². The van der Waals surface area contributed by atoms with Crippen molar-refractivity contribution in [1.29, 1.82) is 0 Å². The molecule has 4 rings (SSSR count). The third-order valence-corrected chi connectivity index (χ3v) is 5.18. The summed E-state index contributed by atoms with van der Waals surface area (Å²) >= 11 is 0.